The van der Waals surface area contributed by atoms with E-state index in [1.54, 1.807) is 0 Å². The minimum Gasteiger partial charge on any atom is -0.311 e. The van der Waals surface area contributed by atoms with Gasteiger partial charge >= 0.3 is 0 Å². The highest BCUT2D eigenvalue weighted by atomic mass is 32.2. The lowest BCUT2D eigenvalue weighted by molar-refractivity contribution is 0.0480. The fraction of sp³-hybridized carbons (Fsp3) is 1.00. The molecule has 1 atom stereocenters. The monoisotopic (exact) mass is 274 g/mol. The summed E-state index contributed by atoms with van der Waals surface area (Å²) in [5.41, 5.74) is 0.246. The normalized spacial score (nSPS) is 28.9. The number of hydrogen-bond donors (Lipinski definition) is 1. The molecule has 4 nitrogen and oxygen atoms in total. The van der Waals surface area contributed by atoms with E-state index in [0.717, 1.165) is 19.5 Å². The van der Waals surface area contributed by atoms with Crippen molar-refractivity contribution >= 4 is 9.84 Å². The van der Waals surface area contributed by atoms with E-state index in [4.69, 9.17) is 0 Å². The van der Waals surface area contributed by atoms with Gasteiger partial charge in [-0.15, -0.1) is 0 Å². The summed E-state index contributed by atoms with van der Waals surface area (Å²) in [6.07, 6.45) is 7.47. The largest absolute Gasteiger partial charge is 0.311 e. The average Bonchev–Trinajstić information content (AvgIpc) is 2.76. The predicted octanol–water partition coefficient (Wildman–Crippen LogP) is 1.03. The first-order chi connectivity index (χ1) is 8.45. The molecule has 1 spiro atoms. The third-order valence-electron chi connectivity index (χ3n) is 4.59. The summed E-state index contributed by atoms with van der Waals surface area (Å²) in [4.78, 5) is 2.46. The maximum atomic E-state index is 11.4. The minimum absolute atomic E-state index is 0.246. The van der Waals surface area contributed by atoms with E-state index in [0.29, 0.717) is 18.3 Å². The Kier molecular flexibility index (Phi) is 4.34. The van der Waals surface area contributed by atoms with Gasteiger partial charge in [-0.3, -0.25) is 4.90 Å². The maximum Gasteiger partial charge on any atom is 0.148 e. The zero-order valence-electron chi connectivity index (χ0n) is 11.6. The van der Waals surface area contributed by atoms with Crippen LogP contribution < -0.4 is 5.32 Å². The van der Waals surface area contributed by atoms with E-state index in [9.17, 15) is 8.42 Å². The lowest BCUT2D eigenvalue weighted by Crippen LogP contribution is -2.64. The highest BCUT2D eigenvalue weighted by molar-refractivity contribution is 7.90. The Morgan fingerprint density at radius 2 is 2.00 bits per heavy atom. The first kappa shape index (κ1) is 14.3. The lowest BCUT2D eigenvalue weighted by atomic mass is 9.90. The quantitative estimate of drug-likeness (QED) is 0.832. The maximum absolute atomic E-state index is 11.4. The van der Waals surface area contributed by atoms with Crippen LogP contribution in [0.4, 0.5) is 0 Å². The number of hydrogen-bond acceptors (Lipinski definition) is 4. The Labute approximate surface area is 111 Å². The molecule has 106 valence electrons. The van der Waals surface area contributed by atoms with Crippen LogP contribution in [0.5, 0.6) is 0 Å². The summed E-state index contributed by atoms with van der Waals surface area (Å²) >= 11 is 0. The molecule has 2 fully saturated rings. The van der Waals surface area contributed by atoms with Crippen LogP contribution in [0.15, 0.2) is 0 Å². The molecular formula is C13H26N2O2S. The molecule has 1 unspecified atom stereocenters. The molecule has 2 aliphatic rings. The second-order valence-electron chi connectivity index (χ2n) is 5.99. The number of nitrogens with one attached hydrogen (secondary N) is 1. The Hall–Kier alpha value is -0.130. The van der Waals surface area contributed by atoms with Crippen molar-refractivity contribution in [3.63, 3.8) is 0 Å². The summed E-state index contributed by atoms with van der Waals surface area (Å²) < 4.78 is 22.8. The molecule has 2 rings (SSSR count). The molecule has 1 saturated carbocycles. The van der Waals surface area contributed by atoms with Crippen molar-refractivity contribution in [3.8, 4) is 0 Å². The Morgan fingerprint density at radius 1 is 1.33 bits per heavy atom. The third kappa shape index (κ3) is 3.25. The van der Waals surface area contributed by atoms with Crippen molar-refractivity contribution in [2.24, 2.45) is 0 Å². The molecule has 1 aliphatic heterocycles. The van der Waals surface area contributed by atoms with Crippen LogP contribution in [0.3, 0.4) is 0 Å². The zero-order valence-corrected chi connectivity index (χ0v) is 12.4. The van der Waals surface area contributed by atoms with Gasteiger partial charge in [0, 0.05) is 37.5 Å². The first-order valence-corrected chi connectivity index (χ1v) is 9.17. The predicted molar refractivity (Wildman–Crippen MR) is 74.6 cm³/mol. The second-order valence-corrected chi connectivity index (χ2v) is 8.25. The molecule has 0 bridgehead atoms. The van der Waals surface area contributed by atoms with Crippen molar-refractivity contribution in [1.29, 1.82) is 0 Å². The highest BCUT2D eigenvalue weighted by Gasteiger charge is 2.42. The Bertz CT molecular complexity index is 374. The van der Waals surface area contributed by atoms with Crippen LogP contribution in [-0.2, 0) is 9.84 Å². The Morgan fingerprint density at radius 3 is 2.56 bits per heavy atom. The van der Waals surface area contributed by atoms with E-state index in [2.05, 4.69) is 17.1 Å². The molecule has 1 N–H and O–H groups in total. The van der Waals surface area contributed by atoms with Gasteiger partial charge in [-0.25, -0.2) is 8.42 Å². The van der Waals surface area contributed by atoms with Gasteiger partial charge in [-0.1, -0.05) is 19.8 Å². The van der Waals surface area contributed by atoms with Gasteiger partial charge in [0.25, 0.3) is 0 Å². The van der Waals surface area contributed by atoms with E-state index in [-0.39, 0.29) is 5.54 Å². The first-order valence-electron chi connectivity index (χ1n) is 7.11. The highest BCUT2D eigenvalue weighted by Crippen LogP contribution is 2.36. The molecule has 0 radical (unpaired) electrons. The molecule has 0 aromatic heterocycles. The van der Waals surface area contributed by atoms with Crippen molar-refractivity contribution in [2.45, 2.75) is 50.6 Å². The number of sulfone groups is 1. The molecule has 0 aromatic rings. The molecule has 1 saturated heterocycles. The topological polar surface area (TPSA) is 49.4 Å². The van der Waals surface area contributed by atoms with E-state index < -0.39 is 9.84 Å². The van der Waals surface area contributed by atoms with E-state index >= 15 is 0 Å². The fourth-order valence-corrected chi connectivity index (χ4v) is 3.93. The summed E-state index contributed by atoms with van der Waals surface area (Å²) in [7, 11) is -2.86. The molecule has 0 amide bonds. The third-order valence-corrected chi connectivity index (χ3v) is 5.51. The number of rotatable bonds is 4. The summed E-state index contributed by atoms with van der Waals surface area (Å²) in [5, 5.41) is 3.64. The van der Waals surface area contributed by atoms with Crippen molar-refractivity contribution in [2.75, 3.05) is 31.6 Å². The molecule has 0 aromatic carbocycles. The Balaban J connectivity index is 2.04. The molecule has 18 heavy (non-hydrogen) atoms. The minimum atomic E-state index is -2.86. The molecule has 1 heterocycles. The molecule has 5 heteroatoms. The average molecular weight is 274 g/mol. The van der Waals surface area contributed by atoms with Crippen LogP contribution in [0.25, 0.3) is 0 Å². The van der Waals surface area contributed by atoms with Crippen molar-refractivity contribution in [3.05, 3.63) is 0 Å². The van der Waals surface area contributed by atoms with Crippen LogP contribution in [-0.4, -0.2) is 56.5 Å². The number of piperazine rings is 1. The summed E-state index contributed by atoms with van der Waals surface area (Å²) in [5.74, 6) is 0.297. The summed E-state index contributed by atoms with van der Waals surface area (Å²) in [6.45, 7) is 4.94. The standard InChI is InChI=1S/C13H26N2O2S/c1-3-12-10-15(8-9-18(2,16)17)13(11-14-12)6-4-5-7-13/h12,14H,3-11H2,1-2H3. The van der Waals surface area contributed by atoms with Gasteiger partial charge in [0.05, 0.1) is 5.75 Å². The van der Waals surface area contributed by atoms with Gasteiger partial charge in [0.15, 0.2) is 0 Å². The van der Waals surface area contributed by atoms with Gasteiger partial charge in [-0.2, -0.15) is 0 Å². The van der Waals surface area contributed by atoms with Gasteiger partial charge in [-0.05, 0) is 19.3 Å². The van der Waals surface area contributed by atoms with E-state index in [1.807, 2.05) is 0 Å². The van der Waals surface area contributed by atoms with Crippen LogP contribution in [0.2, 0.25) is 0 Å². The molecular weight excluding hydrogens is 248 g/mol. The summed E-state index contributed by atoms with van der Waals surface area (Å²) in [6, 6.07) is 0.524. The van der Waals surface area contributed by atoms with Crippen LogP contribution >= 0.6 is 0 Å². The fourth-order valence-electron chi connectivity index (χ4n) is 3.37. The van der Waals surface area contributed by atoms with Gasteiger partial charge in [0.2, 0.25) is 0 Å². The SMILES string of the molecule is CCC1CN(CCS(C)(=O)=O)C2(CCCC2)CN1. The van der Waals surface area contributed by atoms with Gasteiger partial charge < -0.3 is 5.32 Å². The number of nitrogens with zero attached hydrogens (tertiary/aromatic N) is 1. The smallest absolute Gasteiger partial charge is 0.148 e. The van der Waals surface area contributed by atoms with Gasteiger partial charge in [0.1, 0.15) is 9.84 Å². The van der Waals surface area contributed by atoms with Crippen molar-refractivity contribution in [1.82, 2.24) is 10.2 Å². The second kappa shape index (κ2) is 5.47. The van der Waals surface area contributed by atoms with Crippen LogP contribution in [0, 0.1) is 0 Å². The van der Waals surface area contributed by atoms with Crippen molar-refractivity contribution < 1.29 is 8.42 Å². The van der Waals surface area contributed by atoms with E-state index in [1.165, 1.54) is 31.9 Å². The lowest BCUT2D eigenvalue weighted by Gasteiger charge is -2.48. The zero-order chi connectivity index (χ0) is 13.2. The van der Waals surface area contributed by atoms with Crippen LogP contribution in [0.1, 0.15) is 39.0 Å². The molecule has 1 aliphatic carbocycles.